The summed E-state index contributed by atoms with van der Waals surface area (Å²) in [4.78, 5) is 22.3. The van der Waals surface area contributed by atoms with Gasteiger partial charge in [0.1, 0.15) is 6.10 Å². The van der Waals surface area contributed by atoms with Gasteiger partial charge in [0.05, 0.1) is 19.8 Å². The van der Waals surface area contributed by atoms with Crippen molar-refractivity contribution in [3.8, 4) is 0 Å². The topological polar surface area (TPSA) is 117 Å². The summed E-state index contributed by atoms with van der Waals surface area (Å²) in [5, 5.41) is 0. The van der Waals surface area contributed by atoms with Gasteiger partial charge in [0, 0.05) is 19.6 Å². The molecule has 0 fully saturated rings. The highest BCUT2D eigenvalue weighted by Crippen LogP contribution is 2.43. The first-order valence-corrected chi connectivity index (χ1v) is 19.2. The normalized spacial score (nSPS) is 13.9. The predicted molar refractivity (Wildman–Crippen MR) is 178 cm³/mol. The van der Waals surface area contributed by atoms with E-state index in [0.717, 1.165) is 32.1 Å². The average molecular weight is 634 g/mol. The summed E-state index contributed by atoms with van der Waals surface area (Å²) in [5.74, 6) is -0.333. The Morgan fingerprint density at radius 3 is 1.77 bits per heavy atom. The van der Waals surface area contributed by atoms with E-state index in [9.17, 15) is 14.3 Å². The van der Waals surface area contributed by atoms with Crippen LogP contribution in [0.4, 0.5) is 0 Å². The van der Waals surface area contributed by atoms with Crippen LogP contribution >= 0.6 is 7.82 Å². The maximum Gasteiger partial charge on any atom is 0.472 e. The van der Waals surface area contributed by atoms with Crippen molar-refractivity contribution < 1.29 is 32.8 Å². The van der Waals surface area contributed by atoms with Crippen molar-refractivity contribution >= 4 is 13.8 Å². The lowest BCUT2D eigenvalue weighted by atomic mass is 10.0. The van der Waals surface area contributed by atoms with E-state index in [1.165, 1.54) is 109 Å². The third kappa shape index (κ3) is 32.4. The van der Waals surface area contributed by atoms with Crippen LogP contribution in [0.2, 0.25) is 0 Å². The van der Waals surface area contributed by atoms with Crippen molar-refractivity contribution in [1.82, 2.24) is 0 Å². The van der Waals surface area contributed by atoms with Crippen LogP contribution in [0.5, 0.6) is 0 Å². The molecule has 2 unspecified atom stereocenters. The average Bonchev–Trinajstić information content (AvgIpc) is 2.99. The van der Waals surface area contributed by atoms with Crippen LogP contribution < -0.4 is 5.73 Å². The highest BCUT2D eigenvalue weighted by atomic mass is 31.2. The quantitative estimate of drug-likeness (QED) is 0.0311. The molecule has 0 saturated carbocycles. The summed E-state index contributed by atoms with van der Waals surface area (Å²) in [6.07, 6.45) is 30.7. The summed E-state index contributed by atoms with van der Waals surface area (Å²) >= 11 is 0. The Morgan fingerprint density at radius 2 is 1.19 bits per heavy atom. The van der Waals surface area contributed by atoms with E-state index in [0.29, 0.717) is 13.0 Å². The first kappa shape index (κ1) is 42.2. The second-order valence-corrected chi connectivity index (χ2v) is 13.2. The number of hydrogen-bond donors (Lipinski definition) is 2. The molecule has 0 aliphatic heterocycles. The number of unbranched alkanes of at least 4 members (excludes halogenated alkanes) is 19. The van der Waals surface area contributed by atoms with E-state index in [1.807, 2.05) is 0 Å². The van der Waals surface area contributed by atoms with Crippen LogP contribution in [0.3, 0.4) is 0 Å². The molecule has 0 radical (unpaired) electrons. The molecule has 256 valence electrons. The molecule has 0 heterocycles. The zero-order chi connectivity index (χ0) is 31.7. The van der Waals surface area contributed by atoms with Crippen LogP contribution in [0, 0.1) is 0 Å². The summed E-state index contributed by atoms with van der Waals surface area (Å²) in [7, 11) is -4.26. The largest absolute Gasteiger partial charge is 0.472 e. The first-order chi connectivity index (χ1) is 20.9. The fourth-order valence-corrected chi connectivity index (χ4v) is 5.57. The summed E-state index contributed by atoms with van der Waals surface area (Å²) in [5.41, 5.74) is 5.34. The summed E-state index contributed by atoms with van der Waals surface area (Å²) in [6.45, 7) is 4.87. The Morgan fingerprint density at radius 1 is 0.674 bits per heavy atom. The Kier molecular flexibility index (Phi) is 32.1. The number of esters is 1. The van der Waals surface area contributed by atoms with Crippen molar-refractivity contribution in [3.63, 3.8) is 0 Å². The van der Waals surface area contributed by atoms with E-state index in [2.05, 4.69) is 26.0 Å². The molecule has 0 aromatic carbocycles. The fraction of sp³-hybridized carbons (Fsp3) is 0.912. The first-order valence-electron chi connectivity index (χ1n) is 17.7. The molecule has 0 aliphatic rings. The fourth-order valence-electron chi connectivity index (χ4n) is 4.80. The number of phosphoric ester groups is 1. The minimum atomic E-state index is -4.26. The number of carbonyl (C=O) groups excluding carboxylic acids is 1. The van der Waals surface area contributed by atoms with E-state index in [4.69, 9.17) is 24.3 Å². The Balaban J connectivity index is 4.12. The van der Waals surface area contributed by atoms with Crippen LogP contribution in [-0.2, 0) is 27.9 Å². The standard InChI is InChI=1S/C34H68NO7P/c1-3-5-7-9-11-13-15-17-19-21-23-25-27-34(36)42-33(32-41-43(37,38)40-30-28-35)31-39-29-26-24-22-20-18-16-14-12-10-8-6-4-2/h10,12,33H,3-9,11,13-32,35H2,1-2H3,(H,37,38)/b12-10-. The lowest BCUT2D eigenvalue weighted by molar-refractivity contribution is -0.154. The molecule has 0 spiro atoms. The number of carbonyl (C=O) groups is 1. The molecule has 0 bridgehead atoms. The number of nitrogens with two attached hydrogens (primary N) is 1. The zero-order valence-electron chi connectivity index (χ0n) is 28.0. The predicted octanol–water partition coefficient (Wildman–Crippen LogP) is 9.58. The van der Waals surface area contributed by atoms with Crippen molar-refractivity contribution in [2.45, 2.75) is 168 Å². The second-order valence-electron chi connectivity index (χ2n) is 11.7. The number of ether oxygens (including phenoxy) is 2. The summed E-state index contributed by atoms with van der Waals surface area (Å²) in [6, 6.07) is 0. The Bertz CT molecular complexity index is 677. The van der Waals surface area contributed by atoms with Crippen LogP contribution in [0.1, 0.15) is 162 Å². The SMILES string of the molecule is CCCC/C=C\CCCCCCCCOCC(COP(=O)(O)OCCN)OC(=O)CCCCCCCCCCCCCC. The summed E-state index contributed by atoms with van der Waals surface area (Å²) < 4.78 is 33.2. The molecule has 9 heteroatoms. The molecule has 3 N–H and O–H groups in total. The van der Waals surface area contributed by atoms with Crippen LogP contribution in [0.25, 0.3) is 0 Å². The van der Waals surface area contributed by atoms with Gasteiger partial charge in [-0.25, -0.2) is 4.57 Å². The van der Waals surface area contributed by atoms with E-state index < -0.39 is 13.9 Å². The van der Waals surface area contributed by atoms with Crippen molar-refractivity contribution in [3.05, 3.63) is 12.2 Å². The van der Waals surface area contributed by atoms with Gasteiger partial charge in [-0.3, -0.25) is 13.8 Å². The molecule has 0 amide bonds. The van der Waals surface area contributed by atoms with Gasteiger partial charge in [0.15, 0.2) is 0 Å². The number of allylic oxidation sites excluding steroid dienone is 2. The van der Waals surface area contributed by atoms with Gasteiger partial charge in [0.25, 0.3) is 0 Å². The third-order valence-electron chi connectivity index (χ3n) is 7.43. The number of hydrogen-bond acceptors (Lipinski definition) is 7. The lowest BCUT2D eigenvalue weighted by Crippen LogP contribution is -2.28. The maximum atomic E-state index is 12.5. The Labute approximate surface area is 264 Å². The molecule has 0 aromatic rings. The lowest BCUT2D eigenvalue weighted by Gasteiger charge is -2.20. The molecule has 0 saturated heterocycles. The van der Waals surface area contributed by atoms with E-state index in [1.54, 1.807) is 0 Å². The van der Waals surface area contributed by atoms with Gasteiger partial charge in [-0.1, -0.05) is 135 Å². The van der Waals surface area contributed by atoms with Crippen molar-refractivity contribution in [2.24, 2.45) is 5.73 Å². The molecule has 0 rings (SSSR count). The minimum absolute atomic E-state index is 0.0939. The molecular formula is C34H68NO7P. The van der Waals surface area contributed by atoms with Crippen LogP contribution in [-0.4, -0.2) is 49.9 Å². The van der Waals surface area contributed by atoms with Gasteiger partial charge in [-0.2, -0.15) is 0 Å². The number of rotatable bonds is 34. The number of phosphoric acid groups is 1. The third-order valence-corrected chi connectivity index (χ3v) is 8.42. The molecule has 2 atom stereocenters. The van der Waals surface area contributed by atoms with Crippen LogP contribution in [0.15, 0.2) is 12.2 Å². The van der Waals surface area contributed by atoms with Gasteiger partial charge in [-0.05, 0) is 32.1 Å². The molecule has 0 aliphatic carbocycles. The molecule has 8 nitrogen and oxygen atoms in total. The minimum Gasteiger partial charge on any atom is -0.457 e. The second kappa shape index (κ2) is 32.6. The van der Waals surface area contributed by atoms with Gasteiger partial charge >= 0.3 is 13.8 Å². The maximum absolute atomic E-state index is 12.5. The monoisotopic (exact) mass is 633 g/mol. The highest BCUT2D eigenvalue weighted by molar-refractivity contribution is 7.47. The molecule has 0 aromatic heterocycles. The highest BCUT2D eigenvalue weighted by Gasteiger charge is 2.25. The van der Waals surface area contributed by atoms with Gasteiger partial charge < -0.3 is 20.1 Å². The molecule has 43 heavy (non-hydrogen) atoms. The smallest absolute Gasteiger partial charge is 0.457 e. The van der Waals surface area contributed by atoms with Gasteiger partial charge in [-0.15, -0.1) is 0 Å². The Hall–Kier alpha value is -0.760. The van der Waals surface area contributed by atoms with Crippen molar-refractivity contribution in [1.29, 1.82) is 0 Å². The van der Waals surface area contributed by atoms with E-state index in [-0.39, 0.29) is 32.3 Å². The van der Waals surface area contributed by atoms with Crippen molar-refractivity contribution in [2.75, 3.05) is 33.0 Å². The van der Waals surface area contributed by atoms with Gasteiger partial charge in [0.2, 0.25) is 0 Å². The zero-order valence-corrected chi connectivity index (χ0v) is 28.8. The van der Waals surface area contributed by atoms with E-state index >= 15 is 0 Å². The molecular weight excluding hydrogens is 565 g/mol.